The first kappa shape index (κ1) is 17.9. The van der Waals surface area contributed by atoms with E-state index in [1.165, 1.54) is 30.6 Å². The summed E-state index contributed by atoms with van der Waals surface area (Å²) in [6.07, 6.45) is 6.73. The van der Waals surface area contributed by atoms with Crippen LogP contribution in [0.2, 0.25) is 0 Å². The van der Waals surface area contributed by atoms with Crippen LogP contribution in [0.5, 0.6) is 5.75 Å². The molecule has 3 aromatic rings. The molecule has 0 aliphatic carbocycles. The predicted octanol–water partition coefficient (Wildman–Crippen LogP) is 1.53. The molecule has 0 unspecified atom stereocenters. The van der Waals surface area contributed by atoms with E-state index in [0.29, 0.717) is 31.9 Å². The summed E-state index contributed by atoms with van der Waals surface area (Å²) in [4.78, 5) is 28.9. The number of hydrogen-bond acceptors (Lipinski definition) is 6. The van der Waals surface area contributed by atoms with E-state index in [2.05, 4.69) is 19.9 Å². The fourth-order valence-electron chi connectivity index (χ4n) is 3.00. The Morgan fingerprint density at radius 1 is 1.07 bits per heavy atom. The Bertz CT molecular complexity index is 924. The van der Waals surface area contributed by atoms with Crippen molar-refractivity contribution in [3.8, 4) is 11.6 Å². The van der Waals surface area contributed by atoms with Crippen molar-refractivity contribution in [3.05, 3.63) is 61.2 Å². The highest BCUT2D eigenvalue weighted by molar-refractivity contribution is 5.78. The molecule has 2 aromatic heterocycles. The van der Waals surface area contributed by atoms with E-state index in [-0.39, 0.29) is 18.3 Å². The van der Waals surface area contributed by atoms with E-state index in [4.69, 9.17) is 4.74 Å². The Morgan fingerprint density at radius 3 is 2.54 bits per heavy atom. The van der Waals surface area contributed by atoms with Gasteiger partial charge in [0.25, 0.3) is 5.91 Å². The molecule has 0 saturated carbocycles. The summed E-state index contributed by atoms with van der Waals surface area (Å²) in [5.41, 5.74) is 0. The largest absolute Gasteiger partial charge is 0.484 e. The Labute approximate surface area is 161 Å². The van der Waals surface area contributed by atoms with Gasteiger partial charge in [0.1, 0.15) is 35.9 Å². The Morgan fingerprint density at radius 2 is 1.82 bits per heavy atom. The van der Waals surface area contributed by atoms with Crippen LogP contribution in [0.15, 0.2) is 55.4 Å². The van der Waals surface area contributed by atoms with Crippen molar-refractivity contribution < 1.29 is 13.9 Å². The Hall–Kier alpha value is -3.49. The first-order valence-electron chi connectivity index (χ1n) is 8.90. The van der Waals surface area contributed by atoms with Crippen molar-refractivity contribution in [3.63, 3.8) is 0 Å². The van der Waals surface area contributed by atoms with Gasteiger partial charge in [-0.1, -0.05) is 0 Å². The van der Waals surface area contributed by atoms with Gasteiger partial charge in [0, 0.05) is 44.6 Å². The first-order chi connectivity index (χ1) is 13.7. The maximum Gasteiger partial charge on any atom is 0.260 e. The van der Waals surface area contributed by atoms with Crippen LogP contribution in [-0.4, -0.2) is 63.1 Å². The number of anilines is 1. The Kier molecular flexibility index (Phi) is 5.14. The number of amides is 1. The van der Waals surface area contributed by atoms with Gasteiger partial charge in [-0.25, -0.2) is 19.3 Å². The normalized spacial score (nSPS) is 14.2. The van der Waals surface area contributed by atoms with Gasteiger partial charge in [-0.3, -0.25) is 9.36 Å². The smallest absolute Gasteiger partial charge is 0.260 e. The summed E-state index contributed by atoms with van der Waals surface area (Å²) < 4.78 is 20.2. The number of carbonyl (C=O) groups excluding carboxylic acids is 1. The molecule has 1 aromatic carbocycles. The Balaban J connectivity index is 1.31. The SMILES string of the molecule is O=C(COc1ccc(F)cc1)N1CCN(c2cc(-n3ccnc3)ncn2)CC1. The average Bonchev–Trinajstić information content (AvgIpc) is 3.28. The minimum absolute atomic E-state index is 0.0656. The van der Waals surface area contributed by atoms with Crippen LogP contribution in [-0.2, 0) is 4.79 Å². The number of rotatable bonds is 5. The number of benzene rings is 1. The van der Waals surface area contributed by atoms with Crippen molar-refractivity contribution in [2.75, 3.05) is 37.7 Å². The van der Waals surface area contributed by atoms with Crippen molar-refractivity contribution in [1.82, 2.24) is 24.4 Å². The van der Waals surface area contributed by atoms with Crippen LogP contribution in [0.3, 0.4) is 0 Å². The quantitative estimate of drug-likeness (QED) is 0.666. The molecule has 144 valence electrons. The standard InChI is InChI=1S/C19H19FN6O2/c20-15-1-3-16(4-2-15)28-12-19(27)25-9-7-24(8-10-25)17-11-18(23-13-22-17)26-6-5-21-14-26/h1-6,11,13-14H,7-10,12H2. The molecule has 1 saturated heterocycles. The lowest BCUT2D eigenvalue weighted by atomic mass is 10.3. The van der Waals surface area contributed by atoms with Crippen LogP contribution >= 0.6 is 0 Å². The molecule has 1 fully saturated rings. The van der Waals surface area contributed by atoms with E-state index in [9.17, 15) is 9.18 Å². The molecule has 1 amide bonds. The molecule has 28 heavy (non-hydrogen) atoms. The fourth-order valence-corrected chi connectivity index (χ4v) is 3.00. The molecule has 3 heterocycles. The van der Waals surface area contributed by atoms with E-state index < -0.39 is 0 Å². The van der Waals surface area contributed by atoms with E-state index in [0.717, 1.165) is 11.6 Å². The molecular weight excluding hydrogens is 363 g/mol. The number of piperazine rings is 1. The van der Waals surface area contributed by atoms with Gasteiger partial charge in [0.05, 0.1) is 0 Å². The maximum absolute atomic E-state index is 12.9. The summed E-state index contributed by atoms with van der Waals surface area (Å²) in [5, 5.41) is 0. The van der Waals surface area contributed by atoms with E-state index >= 15 is 0 Å². The third kappa shape index (κ3) is 4.08. The summed E-state index contributed by atoms with van der Waals surface area (Å²) in [6.45, 7) is 2.43. The molecule has 1 aliphatic rings. The van der Waals surface area contributed by atoms with Gasteiger partial charge < -0.3 is 14.5 Å². The molecule has 0 radical (unpaired) electrons. The van der Waals surface area contributed by atoms with Crippen LogP contribution in [0.4, 0.5) is 10.2 Å². The second kappa shape index (κ2) is 8.03. The lowest BCUT2D eigenvalue weighted by molar-refractivity contribution is -0.133. The number of aromatic nitrogens is 4. The lowest BCUT2D eigenvalue weighted by Crippen LogP contribution is -2.50. The zero-order valence-electron chi connectivity index (χ0n) is 15.1. The van der Waals surface area contributed by atoms with Gasteiger partial charge in [0.15, 0.2) is 6.61 Å². The van der Waals surface area contributed by atoms with Gasteiger partial charge in [0.2, 0.25) is 0 Å². The maximum atomic E-state index is 12.9. The number of carbonyl (C=O) groups is 1. The first-order valence-corrected chi connectivity index (χ1v) is 8.90. The minimum atomic E-state index is -0.337. The van der Waals surface area contributed by atoms with Gasteiger partial charge in [-0.05, 0) is 24.3 Å². The molecule has 4 rings (SSSR count). The number of ether oxygens (including phenoxy) is 1. The lowest BCUT2D eigenvalue weighted by Gasteiger charge is -2.35. The van der Waals surface area contributed by atoms with Crippen molar-refractivity contribution >= 4 is 11.7 Å². The highest BCUT2D eigenvalue weighted by atomic mass is 19.1. The molecule has 0 spiro atoms. The van der Waals surface area contributed by atoms with Crippen LogP contribution < -0.4 is 9.64 Å². The highest BCUT2D eigenvalue weighted by Gasteiger charge is 2.22. The van der Waals surface area contributed by atoms with Crippen LogP contribution in [0.1, 0.15) is 0 Å². The second-order valence-electron chi connectivity index (χ2n) is 6.31. The third-order valence-electron chi connectivity index (χ3n) is 4.54. The zero-order chi connectivity index (χ0) is 19.3. The van der Waals surface area contributed by atoms with Crippen molar-refractivity contribution in [2.24, 2.45) is 0 Å². The van der Waals surface area contributed by atoms with Crippen LogP contribution in [0, 0.1) is 5.82 Å². The van der Waals surface area contributed by atoms with Gasteiger partial charge in [-0.2, -0.15) is 0 Å². The van der Waals surface area contributed by atoms with Crippen molar-refractivity contribution in [1.29, 1.82) is 0 Å². The zero-order valence-corrected chi connectivity index (χ0v) is 15.1. The third-order valence-corrected chi connectivity index (χ3v) is 4.54. The van der Waals surface area contributed by atoms with Gasteiger partial charge >= 0.3 is 0 Å². The molecule has 9 heteroatoms. The predicted molar refractivity (Wildman–Crippen MR) is 99.8 cm³/mol. The fraction of sp³-hybridized carbons (Fsp3) is 0.263. The molecule has 0 bridgehead atoms. The van der Waals surface area contributed by atoms with Crippen LogP contribution in [0.25, 0.3) is 5.82 Å². The molecular formula is C19H19FN6O2. The van der Waals surface area contributed by atoms with E-state index in [1.807, 2.05) is 16.8 Å². The summed E-state index contributed by atoms with van der Waals surface area (Å²) in [7, 11) is 0. The topological polar surface area (TPSA) is 76.4 Å². The number of halogens is 1. The molecule has 8 nitrogen and oxygen atoms in total. The average molecular weight is 382 g/mol. The molecule has 0 N–H and O–H groups in total. The summed E-state index contributed by atoms with van der Waals surface area (Å²) in [5.74, 6) is 1.60. The molecule has 1 aliphatic heterocycles. The monoisotopic (exact) mass is 382 g/mol. The van der Waals surface area contributed by atoms with E-state index in [1.54, 1.807) is 17.4 Å². The summed E-state index contributed by atoms with van der Waals surface area (Å²) in [6, 6.07) is 7.52. The number of nitrogens with zero attached hydrogens (tertiary/aromatic N) is 6. The molecule has 0 atom stereocenters. The highest BCUT2D eigenvalue weighted by Crippen LogP contribution is 2.16. The summed E-state index contributed by atoms with van der Waals surface area (Å²) >= 11 is 0. The number of imidazole rings is 1. The number of hydrogen-bond donors (Lipinski definition) is 0. The van der Waals surface area contributed by atoms with Gasteiger partial charge in [-0.15, -0.1) is 0 Å². The van der Waals surface area contributed by atoms with Crippen molar-refractivity contribution in [2.45, 2.75) is 0 Å². The second-order valence-corrected chi connectivity index (χ2v) is 6.31. The minimum Gasteiger partial charge on any atom is -0.484 e.